The molecule has 0 amide bonds. The molecule has 0 radical (unpaired) electrons. The summed E-state index contributed by atoms with van der Waals surface area (Å²) in [6, 6.07) is 23.2. The van der Waals surface area contributed by atoms with Crippen LogP contribution in [0.4, 0.5) is 8.78 Å². The van der Waals surface area contributed by atoms with Crippen molar-refractivity contribution in [1.29, 1.82) is 0 Å². The second-order valence-corrected chi connectivity index (χ2v) is 11.1. The number of allylic oxidation sites excluding steroid dienone is 2. The summed E-state index contributed by atoms with van der Waals surface area (Å²) < 4.78 is 29.5. The smallest absolute Gasteiger partial charge is 0.198 e. The lowest BCUT2D eigenvalue weighted by Crippen LogP contribution is -2.07. The molecule has 0 N–H and O–H groups in total. The van der Waals surface area contributed by atoms with Crippen LogP contribution in [0.5, 0.6) is 0 Å². The summed E-state index contributed by atoms with van der Waals surface area (Å²) in [5, 5.41) is 0. The largest absolute Gasteiger partial charge is 0.298 e. The lowest BCUT2D eigenvalue weighted by molar-refractivity contribution is 0.0987. The number of hydrogen-bond donors (Lipinski definition) is 0. The maximum Gasteiger partial charge on any atom is 0.198 e. The first-order valence-corrected chi connectivity index (χ1v) is 14.2. The number of carbonyl (C=O) groups excluding carboxylic acids is 4. The van der Waals surface area contributed by atoms with E-state index in [0.29, 0.717) is 56.6 Å². The van der Waals surface area contributed by atoms with Gasteiger partial charge in [-0.15, -0.1) is 0 Å². The Morgan fingerprint density at radius 2 is 1.24 bits per heavy atom. The summed E-state index contributed by atoms with van der Waals surface area (Å²) >= 11 is 0. The van der Waals surface area contributed by atoms with Crippen LogP contribution in [-0.4, -0.2) is 28.6 Å². The minimum absolute atomic E-state index is 0.0841. The summed E-state index contributed by atoms with van der Waals surface area (Å²) in [5.74, 6) is -2.38. The maximum atomic E-state index is 14.7. The number of aromatic nitrogens is 1. The number of pyridine rings is 1. The molecule has 0 bridgehead atoms. The number of carbonyl (C=O) groups is 4. The molecule has 4 aromatic carbocycles. The first-order chi connectivity index (χ1) is 21.8. The van der Waals surface area contributed by atoms with Crippen molar-refractivity contribution >= 4 is 34.8 Å². The minimum Gasteiger partial charge on any atom is -0.298 e. The Balaban J connectivity index is 1.43. The van der Waals surface area contributed by atoms with Crippen molar-refractivity contribution in [2.75, 3.05) is 0 Å². The Morgan fingerprint density at radius 1 is 0.622 bits per heavy atom. The minimum atomic E-state index is -0.542. The first-order valence-electron chi connectivity index (χ1n) is 14.2. The van der Waals surface area contributed by atoms with Gasteiger partial charge in [0.2, 0.25) is 0 Å². The zero-order valence-electron chi connectivity index (χ0n) is 23.6. The van der Waals surface area contributed by atoms with Gasteiger partial charge in [0.05, 0.1) is 17.0 Å². The Hall–Kier alpha value is -5.95. The van der Waals surface area contributed by atoms with Crippen LogP contribution in [-0.2, 0) is 0 Å². The van der Waals surface area contributed by atoms with Crippen LogP contribution < -0.4 is 0 Å². The van der Waals surface area contributed by atoms with Gasteiger partial charge in [0.25, 0.3) is 0 Å². The summed E-state index contributed by atoms with van der Waals surface area (Å²) in [5.41, 5.74) is 5.64. The zero-order chi connectivity index (χ0) is 31.1. The van der Waals surface area contributed by atoms with Gasteiger partial charge in [-0.05, 0) is 65.6 Å². The quantitative estimate of drug-likeness (QED) is 0.0910. The standard InChI is InChI=1S/C38H19F2NO4/c1-18(36(43)22-7-3-2-6-19(22)17-42)31-28-15-21(40)11-13-24(28)34-30(31)16-29-23-12-10-20(39)14-27(23)32(35(29)41-34)33-37(44)25-8-4-5-9-26(25)38(33)45/h2-17H,1H3/b31-18+. The number of ketones is 3. The second-order valence-electron chi connectivity index (χ2n) is 11.1. The predicted octanol–water partition coefficient (Wildman–Crippen LogP) is 7.72. The topological polar surface area (TPSA) is 81.2 Å². The maximum absolute atomic E-state index is 14.7. The van der Waals surface area contributed by atoms with E-state index in [9.17, 15) is 28.0 Å². The molecular weight excluding hydrogens is 572 g/mol. The molecule has 0 spiro atoms. The molecule has 5 aromatic rings. The Bertz CT molecular complexity index is 2290. The van der Waals surface area contributed by atoms with Gasteiger partial charge in [-0.2, -0.15) is 0 Å². The highest BCUT2D eigenvalue weighted by molar-refractivity contribution is 6.43. The van der Waals surface area contributed by atoms with Gasteiger partial charge >= 0.3 is 0 Å². The molecule has 0 aliphatic heterocycles. The van der Waals surface area contributed by atoms with E-state index >= 15 is 0 Å². The first kappa shape index (κ1) is 26.7. The molecule has 0 saturated carbocycles. The molecule has 1 heterocycles. The van der Waals surface area contributed by atoms with Gasteiger partial charge in [0.1, 0.15) is 11.6 Å². The van der Waals surface area contributed by atoms with Crippen molar-refractivity contribution in [3.05, 3.63) is 158 Å². The van der Waals surface area contributed by atoms with Gasteiger partial charge in [-0.3, -0.25) is 19.2 Å². The number of fused-ring (bicyclic) bond motifs is 7. The van der Waals surface area contributed by atoms with Crippen molar-refractivity contribution in [3.63, 3.8) is 0 Å². The number of hydrogen-bond acceptors (Lipinski definition) is 5. The van der Waals surface area contributed by atoms with Crippen LogP contribution in [0, 0.1) is 11.6 Å². The summed E-state index contributed by atoms with van der Waals surface area (Å²) in [7, 11) is 0. The Labute approximate surface area is 255 Å². The molecule has 1 aromatic heterocycles. The summed E-state index contributed by atoms with van der Waals surface area (Å²) in [6.45, 7) is 1.63. The van der Waals surface area contributed by atoms with Gasteiger partial charge in [0.15, 0.2) is 23.6 Å². The second kappa shape index (κ2) is 9.53. The van der Waals surface area contributed by atoms with Crippen LogP contribution in [0.15, 0.2) is 102 Å². The molecule has 8 rings (SSSR count). The van der Waals surface area contributed by atoms with E-state index in [0.717, 1.165) is 0 Å². The fraction of sp³-hybridized carbons (Fsp3) is 0.0263. The molecule has 5 nitrogen and oxygen atoms in total. The Kier molecular flexibility index (Phi) is 5.64. The summed E-state index contributed by atoms with van der Waals surface area (Å²) in [4.78, 5) is 57.9. The fourth-order valence-corrected chi connectivity index (χ4v) is 6.72. The van der Waals surface area contributed by atoms with Gasteiger partial charge in [-0.1, -0.05) is 54.6 Å². The highest BCUT2D eigenvalue weighted by atomic mass is 19.1. The SMILES string of the molecule is C/C(C(=O)c1ccccc1C=O)=C1/c2cc(F)ccc2-c2nc3c(cc21)-c1ccc(F)cc1C3=C1C(=O)c2ccccc2C1=O. The highest BCUT2D eigenvalue weighted by Gasteiger charge is 2.41. The van der Waals surface area contributed by atoms with Gasteiger partial charge < -0.3 is 0 Å². The van der Waals surface area contributed by atoms with Crippen molar-refractivity contribution in [2.24, 2.45) is 0 Å². The van der Waals surface area contributed by atoms with Crippen LogP contribution in [0.3, 0.4) is 0 Å². The lowest BCUT2D eigenvalue weighted by atomic mass is 9.91. The molecule has 214 valence electrons. The molecule has 3 aliphatic rings. The van der Waals surface area contributed by atoms with Gasteiger partial charge in [0, 0.05) is 50.1 Å². The van der Waals surface area contributed by atoms with E-state index in [2.05, 4.69) is 0 Å². The van der Waals surface area contributed by atoms with Crippen LogP contribution in [0.25, 0.3) is 33.5 Å². The third-order valence-electron chi connectivity index (χ3n) is 8.74. The third-order valence-corrected chi connectivity index (χ3v) is 8.74. The molecule has 0 saturated heterocycles. The van der Waals surface area contributed by atoms with E-state index in [4.69, 9.17) is 4.98 Å². The van der Waals surface area contributed by atoms with E-state index in [-0.39, 0.29) is 39.0 Å². The van der Waals surface area contributed by atoms with Crippen molar-refractivity contribution in [3.8, 4) is 22.4 Å². The fourth-order valence-electron chi connectivity index (χ4n) is 6.72. The molecule has 45 heavy (non-hydrogen) atoms. The number of aldehydes is 1. The van der Waals surface area contributed by atoms with E-state index in [1.54, 1.807) is 73.7 Å². The number of rotatable bonds is 3. The van der Waals surface area contributed by atoms with E-state index in [1.807, 2.05) is 0 Å². The van der Waals surface area contributed by atoms with Crippen LogP contribution in [0.1, 0.15) is 70.7 Å². The number of halogens is 2. The highest BCUT2D eigenvalue weighted by Crippen LogP contribution is 2.53. The van der Waals surface area contributed by atoms with Crippen LogP contribution >= 0.6 is 0 Å². The van der Waals surface area contributed by atoms with Crippen molar-refractivity contribution < 1.29 is 28.0 Å². The van der Waals surface area contributed by atoms with Gasteiger partial charge in [-0.25, -0.2) is 13.8 Å². The normalized spacial score (nSPS) is 15.0. The van der Waals surface area contributed by atoms with Crippen LogP contribution in [0.2, 0.25) is 0 Å². The van der Waals surface area contributed by atoms with Crippen molar-refractivity contribution in [2.45, 2.75) is 6.92 Å². The molecule has 3 aliphatic carbocycles. The molecule has 0 atom stereocenters. The average molecular weight is 592 g/mol. The lowest BCUT2D eigenvalue weighted by Gasteiger charge is -2.11. The monoisotopic (exact) mass is 591 g/mol. The molecular formula is C38H19F2NO4. The average Bonchev–Trinajstić information content (AvgIpc) is 3.62. The number of benzene rings is 4. The molecule has 0 fully saturated rings. The van der Waals surface area contributed by atoms with Crippen molar-refractivity contribution in [1.82, 2.24) is 4.98 Å². The number of Topliss-reactive ketones (excluding diaryl/α,β-unsaturated/α-hetero) is 3. The predicted molar refractivity (Wildman–Crippen MR) is 164 cm³/mol. The molecule has 7 heteroatoms. The third kappa shape index (κ3) is 3.67. The summed E-state index contributed by atoms with van der Waals surface area (Å²) in [6.07, 6.45) is 0.616. The zero-order valence-corrected chi connectivity index (χ0v) is 23.6. The Morgan fingerprint density at radius 3 is 1.93 bits per heavy atom. The number of nitrogens with zero attached hydrogens (tertiary/aromatic N) is 1. The molecule has 0 unspecified atom stereocenters. The van der Waals surface area contributed by atoms with E-state index in [1.165, 1.54) is 24.3 Å². The van der Waals surface area contributed by atoms with E-state index < -0.39 is 29.0 Å².